The first-order chi connectivity index (χ1) is 11.8. The van der Waals surface area contributed by atoms with E-state index in [2.05, 4.69) is 40.3 Å². The van der Waals surface area contributed by atoms with Gasteiger partial charge in [-0.15, -0.1) is 0 Å². The van der Waals surface area contributed by atoms with Crippen LogP contribution in [0, 0.1) is 0 Å². The maximum atomic E-state index is 6.49. The first kappa shape index (κ1) is 13.9. The second-order valence-corrected chi connectivity index (χ2v) is 6.46. The van der Waals surface area contributed by atoms with Gasteiger partial charge >= 0.3 is 0 Å². The highest BCUT2D eigenvalue weighted by atomic mass is 35.5. The molecule has 1 N–H and O–H groups in total. The van der Waals surface area contributed by atoms with Crippen LogP contribution in [0.1, 0.15) is 23.1 Å². The van der Waals surface area contributed by atoms with Crippen LogP contribution in [0.3, 0.4) is 0 Å². The van der Waals surface area contributed by atoms with Gasteiger partial charge in [-0.05, 0) is 23.8 Å². The van der Waals surface area contributed by atoms with Crippen molar-refractivity contribution >= 4 is 22.4 Å². The van der Waals surface area contributed by atoms with Gasteiger partial charge in [0.1, 0.15) is 11.8 Å². The molecule has 1 atom stereocenters. The van der Waals surface area contributed by atoms with E-state index in [-0.39, 0.29) is 6.04 Å². The number of rotatable bonds is 1. The molecule has 4 heteroatoms. The van der Waals surface area contributed by atoms with E-state index in [9.17, 15) is 0 Å². The molecule has 4 aromatic rings. The number of aromatic nitrogens is 1. The number of hydrogen-bond donors (Lipinski definition) is 1. The van der Waals surface area contributed by atoms with Crippen molar-refractivity contribution in [2.75, 3.05) is 0 Å². The Morgan fingerprint density at radius 2 is 1.96 bits per heavy atom. The van der Waals surface area contributed by atoms with Crippen LogP contribution in [0.4, 0.5) is 0 Å². The lowest BCUT2D eigenvalue weighted by atomic mass is 10.1. The molecule has 24 heavy (non-hydrogen) atoms. The topological polar surface area (TPSA) is 30.1 Å². The zero-order valence-electron chi connectivity index (χ0n) is 12.9. The van der Waals surface area contributed by atoms with Crippen molar-refractivity contribution in [3.8, 4) is 5.69 Å². The number of para-hydroxylation sites is 1. The predicted molar refractivity (Wildman–Crippen MR) is 95.7 cm³/mol. The quantitative estimate of drug-likeness (QED) is 0.526. The van der Waals surface area contributed by atoms with Crippen LogP contribution in [-0.4, -0.2) is 4.57 Å². The van der Waals surface area contributed by atoms with Gasteiger partial charge in [0.25, 0.3) is 0 Å². The fraction of sp³-hybridized carbons (Fsp3) is 0.100. The molecule has 0 aliphatic carbocycles. The fourth-order valence-electron chi connectivity index (χ4n) is 3.59. The molecule has 2 aromatic carbocycles. The first-order valence-electron chi connectivity index (χ1n) is 7.97. The zero-order chi connectivity index (χ0) is 16.1. The Labute approximate surface area is 144 Å². The molecular formula is C20H15ClN2O. The molecule has 2 aromatic heterocycles. The lowest BCUT2D eigenvalue weighted by Crippen LogP contribution is -2.20. The molecule has 5 rings (SSSR count). The summed E-state index contributed by atoms with van der Waals surface area (Å²) in [6, 6.07) is 18.4. The third kappa shape index (κ3) is 1.95. The number of furan rings is 1. The largest absolute Gasteiger partial charge is 0.466 e. The van der Waals surface area contributed by atoms with E-state index in [1.54, 1.807) is 0 Å². The fourth-order valence-corrected chi connectivity index (χ4v) is 3.87. The highest BCUT2D eigenvalue weighted by Crippen LogP contribution is 2.36. The van der Waals surface area contributed by atoms with Crippen molar-refractivity contribution < 1.29 is 4.42 Å². The Hall–Kier alpha value is -2.49. The average Bonchev–Trinajstić information content (AvgIpc) is 3.20. The van der Waals surface area contributed by atoms with Crippen LogP contribution in [0.2, 0.25) is 5.02 Å². The van der Waals surface area contributed by atoms with Crippen LogP contribution >= 0.6 is 11.6 Å². The summed E-state index contributed by atoms with van der Waals surface area (Å²) in [6.45, 7) is 0.733. The molecule has 3 nitrogen and oxygen atoms in total. The van der Waals surface area contributed by atoms with Crippen LogP contribution in [0.25, 0.3) is 16.5 Å². The summed E-state index contributed by atoms with van der Waals surface area (Å²) in [7, 11) is 0. The standard InChI is InChI=1S/C20H15ClN2O/c21-16-8-3-6-13-11-22-18(17-9-4-10-23(17)19(13)16)20-15-7-2-1-5-14(15)12-24-20/h1-10,12,18,22H,11H2. The van der Waals surface area contributed by atoms with Gasteiger partial charge < -0.3 is 8.98 Å². The maximum Gasteiger partial charge on any atom is 0.134 e. The summed E-state index contributed by atoms with van der Waals surface area (Å²) in [5, 5.41) is 6.65. The zero-order valence-corrected chi connectivity index (χ0v) is 13.6. The summed E-state index contributed by atoms with van der Waals surface area (Å²) in [5.41, 5.74) is 3.35. The van der Waals surface area contributed by atoms with Crippen molar-refractivity contribution in [2.45, 2.75) is 12.6 Å². The molecule has 118 valence electrons. The molecule has 3 heterocycles. The molecule has 0 fully saturated rings. The van der Waals surface area contributed by atoms with Crippen molar-refractivity contribution in [1.82, 2.24) is 9.88 Å². The second kappa shape index (κ2) is 5.26. The molecule has 0 amide bonds. The van der Waals surface area contributed by atoms with Crippen LogP contribution < -0.4 is 5.32 Å². The maximum absolute atomic E-state index is 6.49. The monoisotopic (exact) mass is 334 g/mol. The second-order valence-electron chi connectivity index (χ2n) is 6.05. The van der Waals surface area contributed by atoms with Crippen molar-refractivity contribution in [1.29, 1.82) is 0 Å². The van der Waals surface area contributed by atoms with Gasteiger partial charge in [-0.25, -0.2) is 0 Å². The Morgan fingerprint density at radius 3 is 2.92 bits per heavy atom. The van der Waals surface area contributed by atoms with Gasteiger partial charge in [0, 0.05) is 29.2 Å². The number of nitrogens with one attached hydrogen (secondary N) is 1. The highest BCUT2D eigenvalue weighted by molar-refractivity contribution is 6.32. The molecule has 1 aliphatic heterocycles. The van der Waals surface area contributed by atoms with Crippen LogP contribution in [0.15, 0.2) is 71.5 Å². The van der Waals surface area contributed by atoms with Crippen molar-refractivity contribution in [3.05, 3.63) is 89.1 Å². The van der Waals surface area contributed by atoms with E-state index >= 15 is 0 Å². The third-order valence-corrected chi connectivity index (χ3v) is 4.99. The minimum atomic E-state index is -0.0247. The van der Waals surface area contributed by atoms with E-state index < -0.39 is 0 Å². The van der Waals surface area contributed by atoms with Crippen LogP contribution in [-0.2, 0) is 6.54 Å². The SMILES string of the molecule is Clc1cccc2c1-n1cccc1C(c1occ3ccccc13)NC2. The lowest BCUT2D eigenvalue weighted by Gasteiger charge is -2.16. The molecule has 1 aliphatic rings. The lowest BCUT2D eigenvalue weighted by molar-refractivity contribution is 0.448. The van der Waals surface area contributed by atoms with Gasteiger partial charge in [-0.1, -0.05) is 48.0 Å². The van der Waals surface area contributed by atoms with E-state index in [1.165, 1.54) is 5.56 Å². The summed E-state index contributed by atoms with van der Waals surface area (Å²) in [6.07, 6.45) is 3.88. The molecule has 1 unspecified atom stereocenters. The molecule has 0 saturated carbocycles. The highest BCUT2D eigenvalue weighted by Gasteiger charge is 2.27. The van der Waals surface area contributed by atoms with E-state index in [0.29, 0.717) is 0 Å². The molecular weight excluding hydrogens is 320 g/mol. The summed E-state index contributed by atoms with van der Waals surface area (Å²) >= 11 is 6.49. The number of benzene rings is 2. The minimum Gasteiger partial charge on any atom is -0.466 e. The summed E-state index contributed by atoms with van der Waals surface area (Å²) < 4.78 is 8.12. The molecule has 0 radical (unpaired) electrons. The number of hydrogen-bond acceptors (Lipinski definition) is 2. The number of fused-ring (bicyclic) bond motifs is 4. The van der Waals surface area contributed by atoms with Gasteiger partial charge in [0.05, 0.1) is 17.0 Å². The molecule has 0 saturated heterocycles. The van der Waals surface area contributed by atoms with Crippen molar-refractivity contribution in [2.24, 2.45) is 0 Å². The minimum absolute atomic E-state index is 0.0247. The molecule has 0 bridgehead atoms. The van der Waals surface area contributed by atoms with Gasteiger partial charge in [0.2, 0.25) is 0 Å². The Bertz CT molecular complexity index is 1050. The van der Waals surface area contributed by atoms with E-state index in [1.807, 2.05) is 36.6 Å². The van der Waals surface area contributed by atoms with Crippen LogP contribution in [0.5, 0.6) is 0 Å². The van der Waals surface area contributed by atoms with Crippen molar-refractivity contribution in [3.63, 3.8) is 0 Å². The summed E-state index contributed by atoms with van der Waals surface area (Å²) in [4.78, 5) is 0. The third-order valence-electron chi connectivity index (χ3n) is 4.69. The number of halogens is 1. The van der Waals surface area contributed by atoms with Gasteiger partial charge in [-0.2, -0.15) is 0 Å². The van der Waals surface area contributed by atoms with E-state index in [0.717, 1.165) is 39.5 Å². The predicted octanol–water partition coefficient (Wildman–Crippen LogP) is 5.07. The molecule has 0 spiro atoms. The number of nitrogens with zero attached hydrogens (tertiary/aromatic N) is 1. The normalized spacial score (nSPS) is 16.6. The average molecular weight is 335 g/mol. The van der Waals surface area contributed by atoms with Gasteiger partial charge in [0.15, 0.2) is 0 Å². The van der Waals surface area contributed by atoms with Gasteiger partial charge in [-0.3, -0.25) is 5.32 Å². The summed E-state index contributed by atoms with van der Waals surface area (Å²) in [5.74, 6) is 0.939. The Morgan fingerprint density at radius 1 is 1.04 bits per heavy atom. The Balaban J connectivity index is 1.73. The first-order valence-corrected chi connectivity index (χ1v) is 8.35. The smallest absolute Gasteiger partial charge is 0.134 e. The Kier molecular flexibility index (Phi) is 3.05. The van der Waals surface area contributed by atoms with E-state index in [4.69, 9.17) is 16.0 Å².